The summed E-state index contributed by atoms with van der Waals surface area (Å²) in [5.41, 5.74) is 6.36. The number of rotatable bonds is 4. The van der Waals surface area contributed by atoms with Gasteiger partial charge >= 0.3 is 5.97 Å². The highest BCUT2D eigenvalue weighted by Crippen LogP contribution is 2.22. The second kappa shape index (κ2) is 5.09. The molecule has 0 heterocycles. The van der Waals surface area contributed by atoms with E-state index in [1.807, 2.05) is 0 Å². The topological polar surface area (TPSA) is 63.3 Å². The molecule has 3 nitrogen and oxygen atoms in total. The maximum Gasteiger partial charge on any atom is 0.303 e. The van der Waals surface area contributed by atoms with Crippen LogP contribution in [-0.2, 0) is 4.79 Å². The fourth-order valence-corrected chi connectivity index (χ4v) is 1.38. The minimum Gasteiger partial charge on any atom is -0.481 e. The standard InChI is InChI=1S/C10H11ClFNO2/c11-7-5-6(1-2-8(7)12)9(13)3-4-10(14)15/h1-2,5,9H,3-4,13H2,(H,14,15). The molecule has 0 spiro atoms. The molecule has 0 bridgehead atoms. The summed E-state index contributed by atoms with van der Waals surface area (Å²) in [4.78, 5) is 10.3. The SMILES string of the molecule is NC(CCC(=O)O)c1ccc(F)c(Cl)c1. The Bertz CT molecular complexity index is 370. The van der Waals surface area contributed by atoms with Gasteiger partial charge in [-0.2, -0.15) is 0 Å². The van der Waals surface area contributed by atoms with E-state index in [1.54, 1.807) is 0 Å². The normalized spacial score (nSPS) is 12.5. The van der Waals surface area contributed by atoms with Crippen LogP contribution in [-0.4, -0.2) is 11.1 Å². The molecule has 0 saturated carbocycles. The van der Waals surface area contributed by atoms with Crippen molar-refractivity contribution in [2.24, 2.45) is 5.73 Å². The molecule has 3 N–H and O–H groups in total. The predicted molar refractivity (Wildman–Crippen MR) is 55.2 cm³/mol. The fourth-order valence-electron chi connectivity index (χ4n) is 1.19. The van der Waals surface area contributed by atoms with Gasteiger partial charge < -0.3 is 10.8 Å². The first-order valence-corrected chi connectivity index (χ1v) is 4.81. The summed E-state index contributed by atoms with van der Waals surface area (Å²) in [5.74, 6) is -1.41. The number of hydrogen-bond acceptors (Lipinski definition) is 2. The number of benzene rings is 1. The van der Waals surface area contributed by atoms with E-state index in [0.29, 0.717) is 12.0 Å². The second-order valence-electron chi connectivity index (χ2n) is 3.21. The maximum atomic E-state index is 12.8. The number of nitrogens with two attached hydrogens (primary N) is 1. The lowest BCUT2D eigenvalue weighted by Crippen LogP contribution is -2.12. The van der Waals surface area contributed by atoms with Crippen LogP contribution in [0, 0.1) is 5.82 Å². The summed E-state index contributed by atoms with van der Waals surface area (Å²) in [7, 11) is 0. The molecule has 15 heavy (non-hydrogen) atoms. The van der Waals surface area contributed by atoms with Gasteiger partial charge in [0, 0.05) is 12.5 Å². The van der Waals surface area contributed by atoms with Gasteiger partial charge in [0.15, 0.2) is 0 Å². The molecular weight excluding hydrogens is 221 g/mol. The first-order chi connectivity index (χ1) is 7.00. The van der Waals surface area contributed by atoms with Gasteiger partial charge in [-0.15, -0.1) is 0 Å². The van der Waals surface area contributed by atoms with Crippen LogP contribution in [0.25, 0.3) is 0 Å². The number of carbonyl (C=O) groups is 1. The molecule has 1 rings (SSSR count). The molecule has 1 unspecified atom stereocenters. The Labute approximate surface area is 91.7 Å². The van der Waals surface area contributed by atoms with Crippen LogP contribution < -0.4 is 5.73 Å². The van der Waals surface area contributed by atoms with Crippen molar-refractivity contribution in [3.8, 4) is 0 Å². The predicted octanol–water partition coefficient (Wildman–Crippen LogP) is 2.34. The van der Waals surface area contributed by atoms with Gasteiger partial charge in [0.25, 0.3) is 0 Å². The lowest BCUT2D eigenvalue weighted by molar-refractivity contribution is -0.137. The molecule has 0 radical (unpaired) electrons. The third-order valence-electron chi connectivity index (χ3n) is 2.04. The first-order valence-electron chi connectivity index (χ1n) is 4.43. The highest BCUT2D eigenvalue weighted by atomic mass is 35.5. The lowest BCUT2D eigenvalue weighted by Gasteiger charge is -2.10. The fraction of sp³-hybridized carbons (Fsp3) is 0.300. The van der Waals surface area contributed by atoms with Crippen molar-refractivity contribution < 1.29 is 14.3 Å². The Morgan fingerprint density at radius 3 is 2.80 bits per heavy atom. The maximum absolute atomic E-state index is 12.8. The molecule has 0 aliphatic heterocycles. The van der Waals surface area contributed by atoms with Crippen molar-refractivity contribution in [1.29, 1.82) is 0 Å². The Kier molecular flexibility index (Phi) is 4.05. The zero-order valence-corrected chi connectivity index (χ0v) is 8.67. The molecule has 0 saturated heterocycles. The van der Waals surface area contributed by atoms with Crippen molar-refractivity contribution in [3.63, 3.8) is 0 Å². The summed E-state index contributed by atoms with van der Waals surface area (Å²) in [6.45, 7) is 0. The third-order valence-corrected chi connectivity index (χ3v) is 2.33. The number of carboxylic acid groups (broad SMARTS) is 1. The number of aliphatic carboxylic acids is 1. The summed E-state index contributed by atoms with van der Waals surface area (Å²) >= 11 is 5.57. The van der Waals surface area contributed by atoms with Crippen LogP contribution in [0.2, 0.25) is 5.02 Å². The third kappa shape index (κ3) is 3.49. The Morgan fingerprint density at radius 1 is 1.60 bits per heavy atom. The van der Waals surface area contributed by atoms with Crippen LogP contribution in [0.3, 0.4) is 0 Å². The molecule has 0 aliphatic carbocycles. The minimum atomic E-state index is -0.904. The van der Waals surface area contributed by atoms with Gasteiger partial charge in [-0.3, -0.25) is 4.79 Å². The van der Waals surface area contributed by atoms with Gasteiger partial charge in [-0.25, -0.2) is 4.39 Å². The molecule has 0 amide bonds. The van der Waals surface area contributed by atoms with Gasteiger partial charge in [0.2, 0.25) is 0 Å². The molecule has 0 aromatic heterocycles. The summed E-state index contributed by atoms with van der Waals surface area (Å²) < 4.78 is 12.8. The van der Waals surface area contributed by atoms with Gasteiger partial charge in [-0.1, -0.05) is 17.7 Å². The van der Waals surface area contributed by atoms with Crippen molar-refractivity contribution >= 4 is 17.6 Å². The minimum absolute atomic E-state index is 0.00160. The second-order valence-corrected chi connectivity index (χ2v) is 3.62. The van der Waals surface area contributed by atoms with E-state index in [0.717, 1.165) is 0 Å². The Morgan fingerprint density at radius 2 is 2.27 bits per heavy atom. The Hall–Kier alpha value is -1.13. The van der Waals surface area contributed by atoms with E-state index in [4.69, 9.17) is 22.4 Å². The first kappa shape index (κ1) is 11.9. The van der Waals surface area contributed by atoms with E-state index < -0.39 is 17.8 Å². The molecular formula is C10H11ClFNO2. The van der Waals surface area contributed by atoms with Crippen LogP contribution >= 0.6 is 11.6 Å². The molecule has 0 aliphatic rings. The van der Waals surface area contributed by atoms with E-state index >= 15 is 0 Å². The quantitative estimate of drug-likeness (QED) is 0.836. The van der Waals surface area contributed by atoms with E-state index in [9.17, 15) is 9.18 Å². The summed E-state index contributed by atoms with van der Waals surface area (Å²) in [5, 5.41) is 8.46. The van der Waals surface area contributed by atoms with Gasteiger partial charge in [0.1, 0.15) is 5.82 Å². The van der Waals surface area contributed by atoms with Gasteiger partial charge in [0.05, 0.1) is 5.02 Å². The van der Waals surface area contributed by atoms with E-state index in [-0.39, 0.29) is 11.4 Å². The van der Waals surface area contributed by atoms with Crippen LogP contribution in [0.1, 0.15) is 24.4 Å². The number of halogens is 2. The van der Waals surface area contributed by atoms with Crippen molar-refractivity contribution in [2.45, 2.75) is 18.9 Å². The smallest absolute Gasteiger partial charge is 0.303 e. The van der Waals surface area contributed by atoms with Crippen LogP contribution in [0.15, 0.2) is 18.2 Å². The lowest BCUT2D eigenvalue weighted by atomic mass is 10.0. The van der Waals surface area contributed by atoms with Crippen LogP contribution in [0.4, 0.5) is 4.39 Å². The molecule has 0 fully saturated rings. The molecule has 82 valence electrons. The average Bonchev–Trinajstić information content (AvgIpc) is 2.18. The van der Waals surface area contributed by atoms with E-state index in [2.05, 4.69) is 0 Å². The van der Waals surface area contributed by atoms with E-state index in [1.165, 1.54) is 18.2 Å². The van der Waals surface area contributed by atoms with Gasteiger partial charge in [-0.05, 0) is 24.1 Å². The largest absolute Gasteiger partial charge is 0.481 e. The zero-order chi connectivity index (χ0) is 11.4. The van der Waals surface area contributed by atoms with Crippen molar-refractivity contribution in [2.75, 3.05) is 0 Å². The number of hydrogen-bond donors (Lipinski definition) is 2. The van der Waals surface area contributed by atoms with Crippen molar-refractivity contribution in [3.05, 3.63) is 34.6 Å². The molecule has 1 aromatic rings. The highest BCUT2D eigenvalue weighted by molar-refractivity contribution is 6.30. The van der Waals surface area contributed by atoms with Crippen molar-refractivity contribution in [1.82, 2.24) is 0 Å². The molecule has 1 atom stereocenters. The Balaban J connectivity index is 2.69. The zero-order valence-electron chi connectivity index (χ0n) is 7.91. The molecule has 5 heteroatoms. The number of carboxylic acids is 1. The summed E-state index contributed by atoms with van der Waals surface area (Å²) in [6, 6.07) is 3.72. The molecule has 1 aromatic carbocycles. The average molecular weight is 232 g/mol. The highest BCUT2D eigenvalue weighted by Gasteiger charge is 2.10. The summed E-state index contributed by atoms with van der Waals surface area (Å²) in [6.07, 6.45) is 0.285. The van der Waals surface area contributed by atoms with Crippen LogP contribution in [0.5, 0.6) is 0 Å². The monoisotopic (exact) mass is 231 g/mol.